The van der Waals surface area contributed by atoms with Crippen LogP contribution >= 0.6 is 0 Å². The van der Waals surface area contributed by atoms with Gasteiger partial charge in [0.1, 0.15) is 0 Å². The van der Waals surface area contributed by atoms with Crippen molar-refractivity contribution in [2.75, 3.05) is 13.1 Å². The highest BCUT2D eigenvalue weighted by Crippen LogP contribution is 2.25. The minimum absolute atomic E-state index is 0.115. The number of piperidine rings is 1. The number of benzene rings is 1. The molecule has 1 N–H and O–H groups in total. The lowest BCUT2D eigenvalue weighted by Gasteiger charge is -2.30. The smallest absolute Gasteiger partial charge is 0.338 e. The van der Waals surface area contributed by atoms with Crippen LogP contribution in [0.4, 0.5) is 0 Å². The predicted molar refractivity (Wildman–Crippen MR) is 118 cm³/mol. The Bertz CT molecular complexity index is 876. The molecular formula is C23H34N2O5S. The molecule has 1 heterocycles. The van der Waals surface area contributed by atoms with E-state index in [9.17, 15) is 18.0 Å². The minimum Gasteiger partial charge on any atom is -0.449 e. The molecule has 0 radical (unpaired) electrons. The molecule has 1 aromatic rings. The molecule has 1 amide bonds. The Morgan fingerprint density at radius 2 is 1.65 bits per heavy atom. The van der Waals surface area contributed by atoms with Gasteiger partial charge in [0.15, 0.2) is 6.10 Å². The average molecular weight is 451 g/mol. The largest absolute Gasteiger partial charge is 0.449 e. The zero-order valence-corrected chi connectivity index (χ0v) is 19.5. The van der Waals surface area contributed by atoms with Gasteiger partial charge in [0.05, 0.1) is 10.5 Å². The van der Waals surface area contributed by atoms with Crippen molar-refractivity contribution in [3.05, 3.63) is 29.8 Å². The number of rotatable bonds is 6. The van der Waals surface area contributed by atoms with Crippen LogP contribution in [-0.2, 0) is 19.6 Å². The average Bonchev–Trinajstić information content (AvgIpc) is 2.75. The molecule has 2 aliphatic rings. The number of hydrogen-bond acceptors (Lipinski definition) is 5. The molecule has 2 fully saturated rings. The van der Waals surface area contributed by atoms with E-state index in [2.05, 4.69) is 19.2 Å². The second-order valence-corrected chi connectivity index (χ2v) is 11.0. The first kappa shape index (κ1) is 23.7. The number of ether oxygens (including phenoxy) is 1. The Hall–Kier alpha value is -1.93. The molecule has 0 aromatic heterocycles. The molecular weight excluding hydrogens is 416 g/mol. The summed E-state index contributed by atoms with van der Waals surface area (Å²) in [7, 11) is -3.57. The number of nitrogens with one attached hydrogen (secondary N) is 1. The van der Waals surface area contributed by atoms with E-state index >= 15 is 0 Å². The molecule has 8 heteroatoms. The fourth-order valence-electron chi connectivity index (χ4n) is 4.25. The summed E-state index contributed by atoms with van der Waals surface area (Å²) in [6.07, 6.45) is 5.09. The van der Waals surface area contributed by atoms with Gasteiger partial charge in [0, 0.05) is 19.1 Å². The zero-order valence-electron chi connectivity index (χ0n) is 18.7. The van der Waals surface area contributed by atoms with Gasteiger partial charge >= 0.3 is 5.97 Å². The number of hydrogen-bond donors (Lipinski definition) is 1. The quantitative estimate of drug-likeness (QED) is 0.671. The second-order valence-electron chi connectivity index (χ2n) is 9.04. The fourth-order valence-corrected chi connectivity index (χ4v) is 5.72. The summed E-state index contributed by atoms with van der Waals surface area (Å²) in [6, 6.07) is 5.85. The number of nitrogens with zero attached hydrogens (tertiary/aromatic N) is 1. The first-order chi connectivity index (χ1) is 14.7. The molecule has 3 atom stereocenters. The van der Waals surface area contributed by atoms with E-state index in [1.807, 2.05) is 0 Å². The molecule has 1 saturated carbocycles. The van der Waals surface area contributed by atoms with Crippen LogP contribution in [0.1, 0.15) is 69.7 Å². The van der Waals surface area contributed by atoms with Crippen molar-refractivity contribution in [2.45, 2.75) is 76.3 Å². The van der Waals surface area contributed by atoms with E-state index in [-0.39, 0.29) is 22.4 Å². The van der Waals surface area contributed by atoms with Gasteiger partial charge in [0.25, 0.3) is 5.91 Å². The first-order valence-corrected chi connectivity index (χ1v) is 12.7. The molecule has 172 valence electrons. The van der Waals surface area contributed by atoms with Crippen LogP contribution in [0.15, 0.2) is 29.2 Å². The van der Waals surface area contributed by atoms with Crippen LogP contribution < -0.4 is 5.32 Å². The molecule has 3 rings (SSSR count). The molecule has 31 heavy (non-hydrogen) atoms. The van der Waals surface area contributed by atoms with Crippen LogP contribution in [-0.4, -0.2) is 49.8 Å². The Kier molecular flexibility index (Phi) is 7.75. The number of sulfonamides is 1. The standard InChI is InChI=1S/C23H34N2O5S/c1-16-12-14-25(15-13-16)31(28,29)20-10-8-19(9-11-20)23(27)30-18(3)22(26)24-21-7-5-4-6-17(21)2/h8-11,16-18,21H,4-7,12-15H2,1-3H3,(H,24,26)/t17-,18-,21+/m0/s1. The molecule has 0 bridgehead atoms. The van der Waals surface area contributed by atoms with Crippen molar-refractivity contribution in [1.82, 2.24) is 9.62 Å². The maximum Gasteiger partial charge on any atom is 0.338 e. The summed E-state index contributed by atoms with van der Waals surface area (Å²) in [5.74, 6) is 0.00281. The summed E-state index contributed by atoms with van der Waals surface area (Å²) >= 11 is 0. The van der Waals surface area contributed by atoms with Gasteiger partial charge in [-0.05, 0) is 68.7 Å². The maximum atomic E-state index is 12.8. The Balaban J connectivity index is 1.57. The summed E-state index contributed by atoms with van der Waals surface area (Å²) in [6.45, 7) is 6.83. The van der Waals surface area contributed by atoms with Crippen LogP contribution in [0.5, 0.6) is 0 Å². The van der Waals surface area contributed by atoms with Crippen LogP contribution in [0.2, 0.25) is 0 Å². The second kappa shape index (κ2) is 10.1. The van der Waals surface area contributed by atoms with Crippen molar-refractivity contribution in [3.8, 4) is 0 Å². The third-order valence-corrected chi connectivity index (χ3v) is 8.48. The van der Waals surface area contributed by atoms with E-state index in [1.165, 1.54) is 35.0 Å². The first-order valence-electron chi connectivity index (χ1n) is 11.3. The van der Waals surface area contributed by atoms with Crippen LogP contribution in [0.3, 0.4) is 0 Å². The highest BCUT2D eigenvalue weighted by molar-refractivity contribution is 7.89. The van der Waals surface area contributed by atoms with E-state index in [0.29, 0.717) is 24.9 Å². The molecule has 1 aliphatic carbocycles. The number of carbonyl (C=O) groups excluding carboxylic acids is 2. The fraction of sp³-hybridized carbons (Fsp3) is 0.652. The summed E-state index contributed by atoms with van der Waals surface area (Å²) in [4.78, 5) is 25.0. The van der Waals surface area contributed by atoms with Gasteiger partial charge in [-0.3, -0.25) is 4.79 Å². The van der Waals surface area contributed by atoms with Crippen molar-refractivity contribution in [1.29, 1.82) is 0 Å². The third-order valence-electron chi connectivity index (χ3n) is 6.56. The number of amides is 1. The van der Waals surface area contributed by atoms with Crippen molar-refractivity contribution < 1.29 is 22.7 Å². The predicted octanol–water partition coefficient (Wildman–Crippen LogP) is 3.35. The van der Waals surface area contributed by atoms with Gasteiger partial charge in [0.2, 0.25) is 10.0 Å². The van der Waals surface area contributed by atoms with Gasteiger partial charge in [-0.2, -0.15) is 4.31 Å². The lowest BCUT2D eigenvalue weighted by atomic mass is 9.86. The normalized spacial score (nSPS) is 24.4. The molecule has 1 aliphatic heterocycles. The lowest BCUT2D eigenvalue weighted by Crippen LogP contribution is -2.46. The molecule has 0 unspecified atom stereocenters. The lowest BCUT2D eigenvalue weighted by molar-refractivity contribution is -0.130. The Labute approximate surface area is 185 Å². The maximum absolute atomic E-state index is 12.8. The molecule has 0 spiro atoms. The Morgan fingerprint density at radius 3 is 2.26 bits per heavy atom. The van der Waals surface area contributed by atoms with Crippen molar-refractivity contribution in [2.24, 2.45) is 11.8 Å². The van der Waals surface area contributed by atoms with Crippen molar-refractivity contribution >= 4 is 21.9 Å². The molecule has 1 saturated heterocycles. The van der Waals surface area contributed by atoms with Gasteiger partial charge in [-0.1, -0.05) is 26.7 Å². The zero-order chi connectivity index (χ0) is 22.6. The summed E-state index contributed by atoms with van der Waals surface area (Å²) in [5.41, 5.74) is 0.219. The van der Waals surface area contributed by atoms with E-state index in [0.717, 1.165) is 32.1 Å². The monoisotopic (exact) mass is 450 g/mol. The number of esters is 1. The van der Waals surface area contributed by atoms with Crippen molar-refractivity contribution in [3.63, 3.8) is 0 Å². The van der Waals surface area contributed by atoms with Gasteiger partial charge in [-0.25, -0.2) is 13.2 Å². The highest BCUT2D eigenvalue weighted by Gasteiger charge is 2.29. The topological polar surface area (TPSA) is 92.8 Å². The summed E-state index contributed by atoms with van der Waals surface area (Å²) < 4.78 is 32.4. The van der Waals surface area contributed by atoms with Crippen LogP contribution in [0, 0.1) is 11.8 Å². The minimum atomic E-state index is -3.57. The summed E-state index contributed by atoms with van der Waals surface area (Å²) in [5, 5.41) is 2.99. The molecule has 7 nitrogen and oxygen atoms in total. The van der Waals surface area contributed by atoms with E-state index in [4.69, 9.17) is 4.74 Å². The Morgan fingerprint density at radius 1 is 1.03 bits per heavy atom. The molecule has 1 aromatic carbocycles. The number of carbonyl (C=O) groups is 2. The van der Waals surface area contributed by atoms with E-state index in [1.54, 1.807) is 6.92 Å². The third kappa shape index (κ3) is 5.86. The van der Waals surface area contributed by atoms with Gasteiger partial charge in [-0.15, -0.1) is 0 Å². The van der Waals surface area contributed by atoms with E-state index < -0.39 is 22.1 Å². The van der Waals surface area contributed by atoms with Crippen LogP contribution in [0.25, 0.3) is 0 Å². The van der Waals surface area contributed by atoms with Gasteiger partial charge < -0.3 is 10.1 Å². The highest BCUT2D eigenvalue weighted by atomic mass is 32.2. The SMILES string of the molecule is CC1CCN(S(=O)(=O)c2ccc(C(=O)O[C@@H](C)C(=O)N[C@@H]3CCCC[C@@H]3C)cc2)CC1.